The fourth-order valence-corrected chi connectivity index (χ4v) is 1.54. The van der Waals surface area contributed by atoms with Gasteiger partial charge in [0, 0.05) is 21.6 Å². The number of rotatable bonds is 4. The predicted molar refractivity (Wildman–Crippen MR) is 67.2 cm³/mol. The molecule has 0 saturated heterocycles. The van der Waals surface area contributed by atoms with Crippen LogP contribution in [0.1, 0.15) is 10.4 Å². The summed E-state index contributed by atoms with van der Waals surface area (Å²) in [5.74, 6) is -0.453. The second-order valence-electron chi connectivity index (χ2n) is 2.87. The fourth-order valence-electron chi connectivity index (χ4n) is 1.05. The van der Waals surface area contributed by atoms with Gasteiger partial charge in [-0.25, -0.2) is 0 Å². The van der Waals surface area contributed by atoms with Gasteiger partial charge in [0.15, 0.2) is 0 Å². The Balaban J connectivity index is 2.65. The molecule has 0 bridgehead atoms. The predicted octanol–water partition coefficient (Wildman–Crippen LogP) is 2.04. The Hall–Kier alpha value is -1.47. The largest absolute Gasteiger partial charge is 0.507 e. The lowest BCUT2D eigenvalue weighted by Crippen LogP contribution is -2.26. The van der Waals surface area contributed by atoms with E-state index in [1.165, 1.54) is 6.07 Å². The Morgan fingerprint density at radius 2 is 2.38 bits per heavy atom. The number of halogens is 1. The number of aromatic hydroxyl groups is 1. The molecule has 0 aliphatic carbocycles. The van der Waals surface area contributed by atoms with Gasteiger partial charge in [-0.3, -0.25) is 4.79 Å². The van der Waals surface area contributed by atoms with Crippen LogP contribution in [0.3, 0.4) is 0 Å². The molecule has 1 aromatic rings. The number of hydrogen-bond acceptors (Lipinski definition) is 3. The van der Waals surface area contributed by atoms with Crippen molar-refractivity contribution in [3.8, 4) is 5.75 Å². The van der Waals surface area contributed by atoms with Crippen LogP contribution in [0.25, 0.3) is 10.4 Å². The number of azide groups is 1. The monoisotopic (exact) mass is 332 g/mol. The van der Waals surface area contributed by atoms with Crippen molar-refractivity contribution in [2.75, 3.05) is 13.1 Å². The Kier molecular flexibility index (Phi) is 4.87. The zero-order valence-electron chi connectivity index (χ0n) is 8.22. The topological polar surface area (TPSA) is 98.1 Å². The van der Waals surface area contributed by atoms with Gasteiger partial charge in [-0.15, -0.1) is 0 Å². The number of carbonyl (C=O) groups is 1. The second kappa shape index (κ2) is 6.19. The van der Waals surface area contributed by atoms with E-state index in [2.05, 4.69) is 15.3 Å². The highest BCUT2D eigenvalue weighted by Gasteiger charge is 2.10. The fraction of sp³-hybridized carbons (Fsp3) is 0.222. The van der Waals surface area contributed by atoms with Gasteiger partial charge in [-0.2, -0.15) is 0 Å². The average molecular weight is 332 g/mol. The molecule has 6 nitrogen and oxygen atoms in total. The molecule has 0 fully saturated rings. The maximum absolute atomic E-state index is 11.6. The Morgan fingerprint density at radius 1 is 1.62 bits per heavy atom. The summed E-state index contributed by atoms with van der Waals surface area (Å²) in [7, 11) is 0. The first kappa shape index (κ1) is 12.6. The van der Waals surface area contributed by atoms with E-state index in [-0.39, 0.29) is 30.3 Å². The third-order valence-corrected chi connectivity index (χ3v) is 2.43. The maximum Gasteiger partial charge on any atom is 0.255 e. The summed E-state index contributed by atoms with van der Waals surface area (Å²) in [5.41, 5.74) is 8.25. The lowest BCUT2D eigenvalue weighted by molar-refractivity contribution is 0.0952. The smallest absolute Gasteiger partial charge is 0.255 e. The van der Waals surface area contributed by atoms with E-state index < -0.39 is 0 Å². The summed E-state index contributed by atoms with van der Waals surface area (Å²) in [4.78, 5) is 14.1. The Labute approximate surface area is 105 Å². The molecule has 0 atom stereocenters. The van der Waals surface area contributed by atoms with Crippen molar-refractivity contribution in [1.29, 1.82) is 0 Å². The first-order chi connectivity index (χ1) is 7.65. The number of hydrogen-bond donors (Lipinski definition) is 2. The molecule has 0 radical (unpaired) electrons. The van der Waals surface area contributed by atoms with Gasteiger partial charge in [-0.05, 0) is 46.3 Å². The number of carbonyl (C=O) groups excluding carboxylic acids is 1. The van der Waals surface area contributed by atoms with Crippen LogP contribution in [-0.4, -0.2) is 24.1 Å². The number of phenolic OH excluding ortho intramolecular Hbond substituents is 1. The summed E-state index contributed by atoms with van der Waals surface area (Å²) >= 11 is 2.05. The molecule has 1 aromatic carbocycles. The third kappa shape index (κ3) is 3.59. The van der Waals surface area contributed by atoms with Gasteiger partial charge >= 0.3 is 0 Å². The third-order valence-electron chi connectivity index (χ3n) is 1.76. The summed E-state index contributed by atoms with van der Waals surface area (Å²) in [6.07, 6.45) is 0. The molecule has 7 heteroatoms. The number of amides is 1. The first-order valence-electron chi connectivity index (χ1n) is 4.42. The molecule has 0 saturated carbocycles. The molecule has 0 aromatic heterocycles. The van der Waals surface area contributed by atoms with E-state index in [4.69, 9.17) is 5.53 Å². The molecule has 1 rings (SSSR count). The number of phenols is 1. The second-order valence-corrected chi connectivity index (χ2v) is 4.12. The molecule has 0 heterocycles. The number of nitrogens with zero attached hydrogens (tertiary/aromatic N) is 3. The zero-order chi connectivity index (χ0) is 12.0. The Bertz CT molecular complexity index is 443. The van der Waals surface area contributed by atoms with Gasteiger partial charge < -0.3 is 10.4 Å². The van der Waals surface area contributed by atoms with Gasteiger partial charge in [0.1, 0.15) is 5.75 Å². The van der Waals surface area contributed by atoms with Crippen molar-refractivity contribution in [3.05, 3.63) is 37.8 Å². The highest BCUT2D eigenvalue weighted by Crippen LogP contribution is 2.19. The van der Waals surface area contributed by atoms with Crippen molar-refractivity contribution in [3.63, 3.8) is 0 Å². The van der Waals surface area contributed by atoms with Gasteiger partial charge in [0.2, 0.25) is 0 Å². The van der Waals surface area contributed by atoms with Crippen molar-refractivity contribution >= 4 is 28.5 Å². The molecule has 1 amide bonds. The van der Waals surface area contributed by atoms with Crippen molar-refractivity contribution < 1.29 is 9.90 Å². The van der Waals surface area contributed by atoms with Gasteiger partial charge in [0.25, 0.3) is 5.91 Å². The highest BCUT2D eigenvalue weighted by atomic mass is 127. The average Bonchev–Trinajstić information content (AvgIpc) is 2.27. The maximum atomic E-state index is 11.6. The summed E-state index contributed by atoms with van der Waals surface area (Å²) < 4.78 is 0.857. The van der Waals surface area contributed by atoms with Crippen LogP contribution in [0.2, 0.25) is 0 Å². The summed E-state index contributed by atoms with van der Waals surface area (Å²) in [5, 5.41) is 15.3. The van der Waals surface area contributed by atoms with E-state index >= 15 is 0 Å². The SMILES string of the molecule is [N-]=[N+]=NCCNC(=O)c1cc(I)ccc1O. The van der Waals surface area contributed by atoms with E-state index in [1.807, 2.05) is 22.6 Å². The molecule has 0 aliphatic rings. The van der Waals surface area contributed by atoms with Crippen LogP contribution >= 0.6 is 22.6 Å². The quantitative estimate of drug-likeness (QED) is 0.290. The molecule has 84 valence electrons. The van der Waals surface area contributed by atoms with Crippen LogP contribution in [0.5, 0.6) is 5.75 Å². The lowest BCUT2D eigenvalue weighted by Gasteiger charge is -2.05. The van der Waals surface area contributed by atoms with Crippen LogP contribution in [0, 0.1) is 3.57 Å². The van der Waals surface area contributed by atoms with Crippen molar-refractivity contribution in [1.82, 2.24) is 5.32 Å². The number of nitrogens with one attached hydrogen (secondary N) is 1. The van der Waals surface area contributed by atoms with Crippen LogP contribution in [0.4, 0.5) is 0 Å². The van der Waals surface area contributed by atoms with Gasteiger partial charge in [-0.1, -0.05) is 5.11 Å². The van der Waals surface area contributed by atoms with Crippen LogP contribution in [0.15, 0.2) is 23.3 Å². The van der Waals surface area contributed by atoms with E-state index in [0.29, 0.717) is 0 Å². The molecule has 0 aliphatic heterocycles. The highest BCUT2D eigenvalue weighted by molar-refractivity contribution is 14.1. The van der Waals surface area contributed by atoms with Crippen molar-refractivity contribution in [2.24, 2.45) is 5.11 Å². The molecular formula is C9H9IN4O2. The first-order valence-corrected chi connectivity index (χ1v) is 5.50. The summed E-state index contributed by atoms with van der Waals surface area (Å²) in [6, 6.07) is 4.75. The zero-order valence-corrected chi connectivity index (χ0v) is 10.4. The summed E-state index contributed by atoms with van der Waals surface area (Å²) in [6.45, 7) is 0.431. The molecule has 0 unspecified atom stereocenters. The van der Waals surface area contributed by atoms with Crippen LogP contribution < -0.4 is 5.32 Å². The molecule has 0 spiro atoms. The number of benzene rings is 1. The van der Waals surface area contributed by atoms with E-state index in [9.17, 15) is 9.90 Å². The van der Waals surface area contributed by atoms with Crippen molar-refractivity contribution in [2.45, 2.75) is 0 Å². The van der Waals surface area contributed by atoms with Crippen LogP contribution in [-0.2, 0) is 0 Å². The molecular weight excluding hydrogens is 323 g/mol. The molecule has 16 heavy (non-hydrogen) atoms. The minimum atomic E-state index is -0.385. The van der Waals surface area contributed by atoms with E-state index in [1.54, 1.807) is 12.1 Å². The Morgan fingerprint density at radius 3 is 3.06 bits per heavy atom. The minimum Gasteiger partial charge on any atom is -0.507 e. The lowest BCUT2D eigenvalue weighted by atomic mass is 10.2. The van der Waals surface area contributed by atoms with E-state index in [0.717, 1.165) is 3.57 Å². The molecule has 2 N–H and O–H groups in total. The minimum absolute atomic E-state index is 0.0679. The normalized spacial score (nSPS) is 9.31. The van der Waals surface area contributed by atoms with Gasteiger partial charge in [0.05, 0.1) is 5.56 Å². The standard InChI is InChI=1S/C9H9IN4O2/c10-6-1-2-8(15)7(5-6)9(16)12-3-4-13-14-11/h1-2,5,15H,3-4H2,(H,12,16).